The van der Waals surface area contributed by atoms with Gasteiger partial charge >= 0.3 is 0 Å². The summed E-state index contributed by atoms with van der Waals surface area (Å²) in [5.41, 5.74) is 9.34. The second-order valence-electron chi connectivity index (χ2n) is 8.15. The van der Waals surface area contributed by atoms with E-state index in [1.807, 2.05) is 18.3 Å². The molecule has 1 N–H and O–H groups in total. The number of anilines is 2. The first-order valence-corrected chi connectivity index (χ1v) is 10.9. The Morgan fingerprint density at radius 2 is 1.68 bits per heavy atom. The lowest BCUT2D eigenvalue weighted by atomic mass is 9.92. The van der Waals surface area contributed by atoms with Crippen molar-refractivity contribution in [3.63, 3.8) is 0 Å². The van der Waals surface area contributed by atoms with Gasteiger partial charge in [0, 0.05) is 22.8 Å². The van der Waals surface area contributed by atoms with Crippen LogP contribution in [0, 0.1) is 20.8 Å². The Morgan fingerprint density at radius 1 is 0.935 bits per heavy atom. The van der Waals surface area contributed by atoms with Gasteiger partial charge in [-0.2, -0.15) is 0 Å². The Kier molecular flexibility index (Phi) is 6.13. The molecule has 3 aromatic carbocycles. The van der Waals surface area contributed by atoms with Gasteiger partial charge in [0.1, 0.15) is 0 Å². The van der Waals surface area contributed by atoms with Crippen LogP contribution in [0.2, 0.25) is 0 Å². The molecule has 1 aromatic heterocycles. The zero-order valence-electron chi connectivity index (χ0n) is 18.7. The summed E-state index contributed by atoms with van der Waals surface area (Å²) in [5, 5.41) is 4.38. The molecule has 3 heteroatoms. The third-order valence-corrected chi connectivity index (χ3v) is 5.51. The summed E-state index contributed by atoms with van der Waals surface area (Å²) in [6.45, 7) is 8.66. The van der Waals surface area contributed by atoms with Crippen LogP contribution in [0.15, 0.2) is 66.9 Å². The molecule has 0 fully saturated rings. The highest BCUT2D eigenvalue weighted by Gasteiger charge is 2.12. The molecular weight excluding hydrogens is 378 g/mol. The van der Waals surface area contributed by atoms with Gasteiger partial charge in [-0.3, -0.25) is 0 Å². The zero-order chi connectivity index (χ0) is 21.8. The average molecular weight is 408 g/mol. The van der Waals surface area contributed by atoms with Crippen molar-refractivity contribution in [3.05, 3.63) is 89.1 Å². The fourth-order valence-electron chi connectivity index (χ4n) is 3.99. The minimum Gasteiger partial charge on any atom is -0.324 e. The number of aromatic nitrogens is 2. The molecule has 1 heterocycles. The van der Waals surface area contributed by atoms with Gasteiger partial charge in [-0.1, -0.05) is 73.5 Å². The fraction of sp³-hybridized carbons (Fsp3) is 0.214. The molecule has 0 aliphatic carbocycles. The number of aryl methyl sites for hydroxylation is 3. The maximum Gasteiger partial charge on any atom is 0.227 e. The Balaban J connectivity index is 1.76. The summed E-state index contributed by atoms with van der Waals surface area (Å²) in [6.07, 6.45) is 8.65. The first-order valence-electron chi connectivity index (χ1n) is 10.9. The molecule has 0 aliphatic rings. The Hall–Kier alpha value is -3.46. The molecule has 0 spiro atoms. The van der Waals surface area contributed by atoms with E-state index in [9.17, 15) is 0 Å². The number of hydrogen-bond acceptors (Lipinski definition) is 3. The van der Waals surface area contributed by atoms with E-state index in [1.54, 1.807) is 0 Å². The maximum atomic E-state index is 4.90. The van der Waals surface area contributed by atoms with Crippen molar-refractivity contribution in [1.29, 1.82) is 0 Å². The lowest BCUT2D eigenvalue weighted by molar-refractivity contribution is 0.962. The lowest BCUT2D eigenvalue weighted by Gasteiger charge is -2.14. The van der Waals surface area contributed by atoms with Crippen LogP contribution in [0.5, 0.6) is 0 Å². The van der Waals surface area contributed by atoms with Crippen LogP contribution in [0.25, 0.3) is 28.1 Å². The van der Waals surface area contributed by atoms with E-state index in [-0.39, 0.29) is 0 Å². The molecule has 0 saturated heterocycles. The van der Waals surface area contributed by atoms with E-state index in [0.29, 0.717) is 5.95 Å². The highest BCUT2D eigenvalue weighted by atomic mass is 15.1. The predicted octanol–water partition coefficient (Wildman–Crippen LogP) is 7.78. The molecule has 0 unspecified atom stereocenters. The van der Waals surface area contributed by atoms with Crippen molar-refractivity contribution in [1.82, 2.24) is 9.97 Å². The van der Waals surface area contributed by atoms with Crippen LogP contribution < -0.4 is 5.32 Å². The Morgan fingerprint density at radius 3 is 2.39 bits per heavy atom. The largest absolute Gasteiger partial charge is 0.324 e. The number of nitrogens with zero attached hydrogens (tertiary/aromatic N) is 2. The van der Waals surface area contributed by atoms with Crippen molar-refractivity contribution >= 4 is 28.6 Å². The Bertz CT molecular complexity index is 1210. The summed E-state index contributed by atoms with van der Waals surface area (Å²) in [6, 6.07) is 19.1. The smallest absolute Gasteiger partial charge is 0.227 e. The summed E-state index contributed by atoms with van der Waals surface area (Å²) in [7, 11) is 0. The highest BCUT2D eigenvalue weighted by molar-refractivity contribution is 5.95. The van der Waals surface area contributed by atoms with E-state index in [4.69, 9.17) is 4.98 Å². The van der Waals surface area contributed by atoms with Crippen LogP contribution >= 0.6 is 0 Å². The maximum absolute atomic E-state index is 4.90. The summed E-state index contributed by atoms with van der Waals surface area (Å²) in [4.78, 5) is 9.43. The van der Waals surface area contributed by atoms with Crippen molar-refractivity contribution in [3.8, 4) is 11.1 Å². The molecule has 0 saturated carbocycles. The number of nitrogens with one attached hydrogen (secondary N) is 1. The fourth-order valence-corrected chi connectivity index (χ4v) is 3.99. The van der Waals surface area contributed by atoms with Gasteiger partial charge in [-0.25, -0.2) is 9.97 Å². The van der Waals surface area contributed by atoms with Gasteiger partial charge in [0.2, 0.25) is 5.95 Å². The topological polar surface area (TPSA) is 37.8 Å². The summed E-state index contributed by atoms with van der Waals surface area (Å²) < 4.78 is 0. The van der Waals surface area contributed by atoms with Gasteiger partial charge in [-0.05, 0) is 61.6 Å². The van der Waals surface area contributed by atoms with E-state index >= 15 is 0 Å². The first kappa shape index (κ1) is 20.8. The standard InChI is InChI=1S/C28H29N3/c1-5-6-7-9-22-16-20(3)26(21(4)17-22)25-11-8-10-23-18-29-28(31-27(23)25)30-24-14-12-19(2)13-15-24/h7-18H,5-6H2,1-4H3,(H,29,30,31)/b9-7+. The molecule has 0 atom stereocenters. The van der Waals surface area contributed by atoms with Crippen LogP contribution in [0.3, 0.4) is 0 Å². The molecule has 3 nitrogen and oxygen atoms in total. The van der Waals surface area contributed by atoms with E-state index < -0.39 is 0 Å². The number of allylic oxidation sites excluding steroid dienone is 1. The third kappa shape index (κ3) is 4.66. The monoisotopic (exact) mass is 407 g/mol. The zero-order valence-corrected chi connectivity index (χ0v) is 18.7. The third-order valence-electron chi connectivity index (χ3n) is 5.51. The molecule has 4 aromatic rings. The second-order valence-corrected chi connectivity index (χ2v) is 8.15. The van der Waals surface area contributed by atoms with Crippen molar-refractivity contribution in [2.75, 3.05) is 5.32 Å². The molecule has 31 heavy (non-hydrogen) atoms. The summed E-state index contributed by atoms with van der Waals surface area (Å²) in [5.74, 6) is 0.609. The average Bonchev–Trinajstić information content (AvgIpc) is 2.75. The summed E-state index contributed by atoms with van der Waals surface area (Å²) >= 11 is 0. The normalized spacial score (nSPS) is 11.4. The molecule has 0 aliphatic heterocycles. The molecule has 156 valence electrons. The molecule has 0 radical (unpaired) electrons. The van der Waals surface area contributed by atoms with Crippen molar-refractivity contribution in [2.45, 2.75) is 40.5 Å². The van der Waals surface area contributed by atoms with Crippen LogP contribution in [-0.2, 0) is 0 Å². The number of benzene rings is 3. The number of fused-ring (bicyclic) bond motifs is 1. The number of unbranched alkanes of at least 4 members (excludes halogenated alkanes) is 1. The second kappa shape index (κ2) is 9.13. The van der Waals surface area contributed by atoms with Crippen LogP contribution in [0.4, 0.5) is 11.6 Å². The van der Waals surface area contributed by atoms with Gasteiger partial charge in [0.05, 0.1) is 5.52 Å². The highest BCUT2D eigenvalue weighted by Crippen LogP contribution is 2.34. The number of para-hydroxylation sites is 1. The van der Waals surface area contributed by atoms with Gasteiger partial charge < -0.3 is 5.32 Å². The van der Waals surface area contributed by atoms with E-state index in [0.717, 1.165) is 28.6 Å². The van der Waals surface area contributed by atoms with Gasteiger partial charge in [0.25, 0.3) is 0 Å². The SMILES string of the molecule is CCC/C=C/c1cc(C)c(-c2cccc3cnc(Nc4ccc(C)cc4)nc23)c(C)c1. The van der Waals surface area contributed by atoms with Gasteiger partial charge in [0.15, 0.2) is 0 Å². The molecule has 4 rings (SSSR count). The first-order chi connectivity index (χ1) is 15.0. The van der Waals surface area contributed by atoms with Crippen LogP contribution in [0.1, 0.15) is 42.0 Å². The van der Waals surface area contributed by atoms with E-state index in [1.165, 1.54) is 34.2 Å². The van der Waals surface area contributed by atoms with Gasteiger partial charge in [-0.15, -0.1) is 0 Å². The quantitative estimate of drug-likeness (QED) is 0.354. The number of hydrogen-bond donors (Lipinski definition) is 1. The van der Waals surface area contributed by atoms with E-state index in [2.05, 4.69) is 92.6 Å². The minimum absolute atomic E-state index is 0.609. The molecular formula is C28H29N3. The Labute approximate surface area is 184 Å². The predicted molar refractivity (Wildman–Crippen MR) is 133 cm³/mol. The molecule has 0 amide bonds. The van der Waals surface area contributed by atoms with Crippen molar-refractivity contribution in [2.24, 2.45) is 0 Å². The molecule has 0 bridgehead atoms. The van der Waals surface area contributed by atoms with Crippen LogP contribution in [-0.4, -0.2) is 9.97 Å². The minimum atomic E-state index is 0.609. The lowest BCUT2D eigenvalue weighted by Crippen LogP contribution is -1.99. The van der Waals surface area contributed by atoms with Crippen molar-refractivity contribution < 1.29 is 0 Å². The number of rotatable bonds is 6.